The molecule has 0 radical (unpaired) electrons. The number of esters is 1. The van der Waals surface area contributed by atoms with E-state index in [-0.39, 0.29) is 18.2 Å². The topological polar surface area (TPSA) is 81.4 Å². The van der Waals surface area contributed by atoms with Gasteiger partial charge in [0, 0.05) is 16.3 Å². The number of hydrogen-bond donors (Lipinski definition) is 1. The summed E-state index contributed by atoms with van der Waals surface area (Å²) in [6.45, 7) is 1.79. The van der Waals surface area contributed by atoms with Gasteiger partial charge >= 0.3 is 5.97 Å². The van der Waals surface area contributed by atoms with Gasteiger partial charge in [-0.1, -0.05) is 23.7 Å². The van der Waals surface area contributed by atoms with E-state index in [1.54, 1.807) is 24.4 Å². The first kappa shape index (κ1) is 16.5. The molecule has 6 nitrogen and oxygen atoms in total. The average molecular weight is 365 g/mol. The lowest BCUT2D eigenvalue weighted by Gasteiger charge is -1.99. The molecule has 3 rings (SSSR count). The highest BCUT2D eigenvalue weighted by atomic mass is 35.5. The Hall–Kier alpha value is -2.38. The van der Waals surface area contributed by atoms with E-state index in [0.717, 1.165) is 5.39 Å². The largest absolute Gasteiger partial charge is 0.469 e. The van der Waals surface area contributed by atoms with Gasteiger partial charge in [0.05, 0.1) is 24.2 Å². The molecule has 8 heteroatoms. The molecule has 0 aliphatic rings. The quantitative estimate of drug-likeness (QED) is 0.712. The lowest BCUT2D eigenvalue weighted by molar-refractivity contribution is -0.139. The van der Waals surface area contributed by atoms with Crippen LogP contribution in [0.4, 0.5) is 5.13 Å². The predicted octanol–water partition coefficient (Wildman–Crippen LogP) is 3.82. The number of benzene rings is 1. The second-order valence-electron chi connectivity index (χ2n) is 5.02. The van der Waals surface area contributed by atoms with Crippen molar-refractivity contribution >= 4 is 50.9 Å². The number of anilines is 1. The van der Waals surface area contributed by atoms with Gasteiger partial charge in [-0.05, 0) is 13.0 Å². The van der Waals surface area contributed by atoms with E-state index in [0.29, 0.717) is 27.0 Å². The van der Waals surface area contributed by atoms with Crippen LogP contribution in [0.1, 0.15) is 21.8 Å². The molecule has 0 atom stereocenters. The van der Waals surface area contributed by atoms with Crippen LogP contribution < -0.4 is 5.32 Å². The molecule has 3 aromatic rings. The van der Waals surface area contributed by atoms with Crippen LogP contribution in [0.25, 0.3) is 11.0 Å². The van der Waals surface area contributed by atoms with Crippen molar-refractivity contribution in [2.24, 2.45) is 0 Å². The number of carbonyl (C=O) groups is 2. The summed E-state index contributed by atoms with van der Waals surface area (Å²) in [6.07, 6.45) is 0.0577. The molecular formula is C16H13ClN2O4S. The molecular weight excluding hydrogens is 352 g/mol. The van der Waals surface area contributed by atoms with Gasteiger partial charge in [-0.15, -0.1) is 11.3 Å². The summed E-state index contributed by atoms with van der Waals surface area (Å²) in [6, 6.07) is 5.35. The summed E-state index contributed by atoms with van der Waals surface area (Å²) in [5.74, 6) is -0.623. The first-order chi connectivity index (χ1) is 11.5. The van der Waals surface area contributed by atoms with E-state index in [1.807, 2.05) is 6.07 Å². The number of para-hydroxylation sites is 1. The standard InChI is InChI=1S/C16H13ClN2O4S/c1-8-10-4-3-5-11(17)14(10)23-13(8)15(21)19-16-18-9(7-24-16)6-12(20)22-2/h3-5,7H,6H2,1-2H3,(H,18,19,21). The third-order valence-electron chi connectivity index (χ3n) is 3.45. The van der Waals surface area contributed by atoms with Gasteiger partial charge in [0.1, 0.15) is 0 Å². The number of ether oxygens (including phenoxy) is 1. The minimum Gasteiger partial charge on any atom is -0.469 e. The summed E-state index contributed by atoms with van der Waals surface area (Å²) in [5, 5.41) is 5.98. The van der Waals surface area contributed by atoms with Crippen molar-refractivity contribution in [2.45, 2.75) is 13.3 Å². The van der Waals surface area contributed by atoms with Crippen molar-refractivity contribution in [3.8, 4) is 0 Å². The molecule has 0 aliphatic heterocycles. The Morgan fingerprint density at radius 1 is 1.42 bits per heavy atom. The molecule has 2 aromatic heterocycles. The Balaban J connectivity index is 1.82. The lowest BCUT2D eigenvalue weighted by Crippen LogP contribution is -2.12. The molecule has 1 N–H and O–H groups in total. The SMILES string of the molecule is COC(=O)Cc1csc(NC(=O)c2oc3c(Cl)cccc3c2C)n1. The van der Waals surface area contributed by atoms with Crippen LogP contribution in [-0.4, -0.2) is 24.0 Å². The Kier molecular flexibility index (Phi) is 4.55. The van der Waals surface area contributed by atoms with Crippen LogP contribution in [-0.2, 0) is 16.0 Å². The van der Waals surface area contributed by atoms with E-state index >= 15 is 0 Å². The summed E-state index contributed by atoms with van der Waals surface area (Å²) >= 11 is 7.32. The zero-order valence-electron chi connectivity index (χ0n) is 12.9. The summed E-state index contributed by atoms with van der Waals surface area (Å²) in [4.78, 5) is 27.9. The molecule has 0 fully saturated rings. The molecule has 0 aliphatic carbocycles. The fraction of sp³-hybridized carbons (Fsp3) is 0.188. The van der Waals surface area contributed by atoms with Crippen LogP contribution in [0.5, 0.6) is 0 Å². The maximum atomic E-state index is 12.4. The summed E-state index contributed by atoms with van der Waals surface area (Å²) in [5.41, 5.74) is 1.72. The highest BCUT2D eigenvalue weighted by Crippen LogP contribution is 2.31. The first-order valence-corrected chi connectivity index (χ1v) is 8.25. The second kappa shape index (κ2) is 6.62. The van der Waals surface area contributed by atoms with E-state index in [1.165, 1.54) is 18.4 Å². The van der Waals surface area contributed by atoms with Gasteiger partial charge in [-0.2, -0.15) is 0 Å². The zero-order valence-corrected chi connectivity index (χ0v) is 14.5. The van der Waals surface area contributed by atoms with Gasteiger partial charge in [0.2, 0.25) is 0 Å². The Labute approximate surface area is 146 Å². The van der Waals surface area contributed by atoms with Crippen molar-refractivity contribution in [3.63, 3.8) is 0 Å². The molecule has 1 aromatic carbocycles. The van der Waals surface area contributed by atoms with Crippen molar-refractivity contribution in [2.75, 3.05) is 12.4 Å². The molecule has 0 saturated carbocycles. The number of halogens is 1. The number of rotatable bonds is 4. The monoisotopic (exact) mass is 364 g/mol. The number of furan rings is 1. The minimum absolute atomic E-state index is 0.0577. The smallest absolute Gasteiger partial charge is 0.311 e. The van der Waals surface area contributed by atoms with Crippen LogP contribution in [0.2, 0.25) is 5.02 Å². The predicted molar refractivity (Wildman–Crippen MR) is 91.7 cm³/mol. The molecule has 24 heavy (non-hydrogen) atoms. The van der Waals surface area contributed by atoms with Crippen LogP contribution in [0.15, 0.2) is 28.0 Å². The number of amides is 1. The highest BCUT2D eigenvalue weighted by molar-refractivity contribution is 7.14. The fourth-order valence-electron chi connectivity index (χ4n) is 2.24. The zero-order chi connectivity index (χ0) is 17.3. The molecule has 2 heterocycles. The molecule has 124 valence electrons. The first-order valence-electron chi connectivity index (χ1n) is 6.99. The van der Waals surface area contributed by atoms with Crippen molar-refractivity contribution in [3.05, 3.63) is 45.6 Å². The van der Waals surface area contributed by atoms with Gasteiger partial charge < -0.3 is 9.15 Å². The Bertz CT molecular complexity index is 931. The maximum absolute atomic E-state index is 12.4. The third-order valence-corrected chi connectivity index (χ3v) is 4.55. The van der Waals surface area contributed by atoms with Gasteiger partial charge in [0.25, 0.3) is 5.91 Å². The maximum Gasteiger partial charge on any atom is 0.311 e. The van der Waals surface area contributed by atoms with E-state index in [4.69, 9.17) is 16.0 Å². The van der Waals surface area contributed by atoms with E-state index in [2.05, 4.69) is 15.0 Å². The number of nitrogens with one attached hydrogen (secondary N) is 1. The molecule has 0 saturated heterocycles. The van der Waals surface area contributed by atoms with Crippen LogP contribution in [0.3, 0.4) is 0 Å². The molecule has 0 bridgehead atoms. The second-order valence-corrected chi connectivity index (χ2v) is 6.29. The van der Waals surface area contributed by atoms with Crippen molar-refractivity contribution in [1.82, 2.24) is 4.98 Å². The summed E-state index contributed by atoms with van der Waals surface area (Å²) in [7, 11) is 1.31. The number of aromatic nitrogens is 1. The number of hydrogen-bond acceptors (Lipinski definition) is 6. The molecule has 0 spiro atoms. The number of methoxy groups -OCH3 is 1. The van der Waals surface area contributed by atoms with E-state index in [9.17, 15) is 9.59 Å². The number of nitrogens with zero attached hydrogens (tertiary/aromatic N) is 1. The molecule has 1 amide bonds. The molecule has 0 unspecified atom stereocenters. The minimum atomic E-state index is -0.418. The van der Waals surface area contributed by atoms with Gasteiger partial charge in [-0.25, -0.2) is 4.98 Å². The lowest BCUT2D eigenvalue weighted by atomic mass is 10.1. The number of fused-ring (bicyclic) bond motifs is 1. The van der Waals surface area contributed by atoms with Crippen LogP contribution in [0, 0.1) is 6.92 Å². The average Bonchev–Trinajstić information content (AvgIpc) is 3.13. The highest BCUT2D eigenvalue weighted by Gasteiger charge is 2.20. The van der Waals surface area contributed by atoms with Gasteiger partial charge in [0.15, 0.2) is 16.5 Å². The number of carbonyl (C=O) groups excluding carboxylic acids is 2. The summed E-state index contributed by atoms with van der Waals surface area (Å²) < 4.78 is 10.2. The van der Waals surface area contributed by atoms with Crippen LogP contribution >= 0.6 is 22.9 Å². The fourth-order valence-corrected chi connectivity index (χ4v) is 3.16. The number of thiazole rings is 1. The van der Waals surface area contributed by atoms with Crippen molar-refractivity contribution < 1.29 is 18.7 Å². The third kappa shape index (κ3) is 3.13. The van der Waals surface area contributed by atoms with E-state index < -0.39 is 5.91 Å². The normalized spacial score (nSPS) is 10.8. The van der Waals surface area contributed by atoms with Crippen molar-refractivity contribution in [1.29, 1.82) is 0 Å². The van der Waals surface area contributed by atoms with Gasteiger partial charge in [-0.3, -0.25) is 14.9 Å². The Morgan fingerprint density at radius 2 is 2.21 bits per heavy atom. The Morgan fingerprint density at radius 3 is 2.92 bits per heavy atom. The number of aryl methyl sites for hydroxylation is 1.